The molecule has 0 unspecified atom stereocenters. The standard InChI is InChI=1S/C23H25ClN4O5/c1-11-6-14-20(16(24)7-11)27-22(31)23(14)15(8-12(28-23)9-19(25)29)21(30)26-17-10-13(32-2)4-5-18(17)33-3/h4-7,10,12,15,28H,8-9H2,1-3H3,(H2,25,29)(H,26,30)(H,27,31)/t12-,15-,23+/m0/s1. The first kappa shape index (κ1) is 22.9. The van der Waals surface area contributed by atoms with Crippen LogP contribution in [-0.4, -0.2) is 38.0 Å². The van der Waals surface area contributed by atoms with Crippen molar-refractivity contribution in [2.45, 2.75) is 31.3 Å². The Morgan fingerprint density at radius 2 is 2.00 bits per heavy atom. The molecule has 1 fully saturated rings. The van der Waals surface area contributed by atoms with Gasteiger partial charge < -0.3 is 25.8 Å². The van der Waals surface area contributed by atoms with Gasteiger partial charge in [-0.25, -0.2) is 0 Å². The molecule has 2 aromatic carbocycles. The first-order chi connectivity index (χ1) is 15.7. The van der Waals surface area contributed by atoms with Gasteiger partial charge in [-0.2, -0.15) is 0 Å². The normalized spacial score (nSPS) is 23.2. The fourth-order valence-corrected chi connectivity index (χ4v) is 5.08. The van der Waals surface area contributed by atoms with Crippen LogP contribution in [0.25, 0.3) is 0 Å². The number of rotatable bonds is 6. The van der Waals surface area contributed by atoms with E-state index in [4.69, 9.17) is 26.8 Å². The number of amides is 3. The third kappa shape index (κ3) is 3.87. The van der Waals surface area contributed by atoms with Gasteiger partial charge in [0.05, 0.1) is 36.5 Å². The van der Waals surface area contributed by atoms with Crippen LogP contribution >= 0.6 is 11.6 Å². The second kappa shape index (κ2) is 8.57. The van der Waals surface area contributed by atoms with E-state index in [9.17, 15) is 14.4 Å². The molecule has 2 aromatic rings. The van der Waals surface area contributed by atoms with Crippen molar-refractivity contribution in [2.75, 3.05) is 24.9 Å². The van der Waals surface area contributed by atoms with Gasteiger partial charge in [-0.1, -0.05) is 17.7 Å². The predicted molar refractivity (Wildman–Crippen MR) is 124 cm³/mol. The third-order valence-electron chi connectivity index (χ3n) is 6.16. The highest BCUT2D eigenvalue weighted by atomic mass is 35.5. The second-order valence-electron chi connectivity index (χ2n) is 8.29. The van der Waals surface area contributed by atoms with Crippen molar-refractivity contribution in [1.29, 1.82) is 0 Å². The number of hydrogen-bond donors (Lipinski definition) is 4. The van der Waals surface area contributed by atoms with Gasteiger partial charge in [0.2, 0.25) is 17.7 Å². The summed E-state index contributed by atoms with van der Waals surface area (Å²) in [5.74, 6) is -1.23. The molecular weight excluding hydrogens is 448 g/mol. The largest absolute Gasteiger partial charge is 0.497 e. The maximum atomic E-state index is 13.6. The van der Waals surface area contributed by atoms with Crippen molar-refractivity contribution in [2.24, 2.45) is 11.7 Å². The van der Waals surface area contributed by atoms with Crippen LogP contribution in [0.15, 0.2) is 30.3 Å². The van der Waals surface area contributed by atoms with Crippen molar-refractivity contribution in [1.82, 2.24) is 5.32 Å². The molecule has 174 valence electrons. The van der Waals surface area contributed by atoms with Crippen molar-refractivity contribution in [3.05, 3.63) is 46.5 Å². The van der Waals surface area contributed by atoms with Crippen LogP contribution in [0.4, 0.5) is 11.4 Å². The zero-order valence-corrected chi connectivity index (χ0v) is 19.2. The van der Waals surface area contributed by atoms with Gasteiger partial charge >= 0.3 is 0 Å². The van der Waals surface area contributed by atoms with Gasteiger partial charge in [-0.15, -0.1) is 0 Å². The molecule has 33 heavy (non-hydrogen) atoms. The van der Waals surface area contributed by atoms with E-state index in [0.29, 0.717) is 33.5 Å². The van der Waals surface area contributed by atoms with Crippen LogP contribution in [-0.2, 0) is 19.9 Å². The molecule has 0 bridgehead atoms. The first-order valence-electron chi connectivity index (χ1n) is 10.4. The van der Waals surface area contributed by atoms with Crippen molar-refractivity contribution < 1.29 is 23.9 Å². The molecule has 1 spiro atoms. The molecule has 2 aliphatic heterocycles. The Balaban J connectivity index is 1.77. The highest BCUT2D eigenvalue weighted by Crippen LogP contribution is 2.50. The van der Waals surface area contributed by atoms with E-state index in [0.717, 1.165) is 5.56 Å². The van der Waals surface area contributed by atoms with Crippen molar-refractivity contribution >= 4 is 40.7 Å². The monoisotopic (exact) mass is 472 g/mol. The van der Waals surface area contributed by atoms with Gasteiger partial charge in [0.25, 0.3) is 0 Å². The number of fused-ring (bicyclic) bond motifs is 2. The summed E-state index contributed by atoms with van der Waals surface area (Å²) in [6, 6.07) is 8.11. The Hall–Kier alpha value is -3.30. The van der Waals surface area contributed by atoms with E-state index in [1.54, 1.807) is 24.3 Å². The minimum absolute atomic E-state index is 0.0177. The van der Waals surface area contributed by atoms with Crippen LogP contribution in [0.1, 0.15) is 24.0 Å². The summed E-state index contributed by atoms with van der Waals surface area (Å²) in [5, 5.41) is 9.30. The van der Waals surface area contributed by atoms with E-state index in [-0.39, 0.29) is 12.8 Å². The number of halogens is 1. The summed E-state index contributed by atoms with van der Waals surface area (Å²) in [6.07, 6.45) is 0.204. The molecule has 0 aliphatic carbocycles. The summed E-state index contributed by atoms with van der Waals surface area (Å²) in [6.45, 7) is 1.86. The maximum Gasteiger partial charge on any atom is 0.250 e. The van der Waals surface area contributed by atoms with Crippen LogP contribution in [0.5, 0.6) is 11.5 Å². The average molecular weight is 473 g/mol. The molecule has 4 rings (SSSR count). The molecule has 5 N–H and O–H groups in total. The molecule has 0 radical (unpaired) electrons. The summed E-state index contributed by atoms with van der Waals surface area (Å²) in [7, 11) is 3.01. The number of anilines is 2. The Morgan fingerprint density at radius 3 is 2.67 bits per heavy atom. The maximum absolute atomic E-state index is 13.6. The van der Waals surface area contributed by atoms with E-state index in [1.807, 2.05) is 13.0 Å². The molecule has 2 heterocycles. The fraction of sp³-hybridized carbons (Fsp3) is 0.348. The lowest BCUT2D eigenvalue weighted by atomic mass is 9.79. The number of methoxy groups -OCH3 is 2. The first-order valence-corrected chi connectivity index (χ1v) is 10.8. The molecule has 3 amide bonds. The van der Waals surface area contributed by atoms with Gasteiger partial charge in [0, 0.05) is 24.1 Å². The number of aryl methyl sites for hydroxylation is 1. The molecule has 2 aliphatic rings. The Labute approximate surface area is 195 Å². The number of carbonyl (C=O) groups is 3. The Morgan fingerprint density at radius 1 is 1.24 bits per heavy atom. The second-order valence-corrected chi connectivity index (χ2v) is 8.69. The summed E-state index contributed by atoms with van der Waals surface area (Å²) >= 11 is 6.41. The minimum atomic E-state index is -1.40. The lowest BCUT2D eigenvalue weighted by Gasteiger charge is -2.29. The molecular formula is C23H25ClN4O5. The fourth-order valence-electron chi connectivity index (χ4n) is 4.76. The topological polar surface area (TPSA) is 132 Å². The van der Waals surface area contributed by atoms with Crippen molar-refractivity contribution in [3.63, 3.8) is 0 Å². The number of nitrogens with one attached hydrogen (secondary N) is 3. The third-order valence-corrected chi connectivity index (χ3v) is 6.46. The van der Waals surface area contributed by atoms with E-state index in [2.05, 4.69) is 16.0 Å². The smallest absolute Gasteiger partial charge is 0.250 e. The predicted octanol–water partition coefficient (Wildman–Crippen LogP) is 2.31. The summed E-state index contributed by atoms with van der Waals surface area (Å²) in [5.41, 5.74) is 6.28. The highest BCUT2D eigenvalue weighted by Gasteiger charge is 2.60. The van der Waals surface area contributed by atoms with Crippen LogP contribution in [0.2, 0.25) is 5.02 Å². The van der Waals surface area contributed by atoms with Crippen LogP contribution < -0.4 is 31.2 Å². The molecule has 1 saturated heterocycles. The zero-order chi connectivity index (χ0) is 23.9. The molecule has 0 saturated carbocycles. The molecule has 0 aromatic heterocycles. The number of ether oxygens (including phenoxy) is 2. The van der Waals surface area contributed by atoms with Crippen LogP contribution in [0, 0.1) is 12.8 Å². The SMILES string of the molecule is COc1ccc(OC)c(NC(=O)[C@@H]2C[C@@H](CC(N)=O)N[C@@]23C(=O)Nc2c(Cl)cc(C)cc23)c1. The van der Waals surface area contributed by atoms with Crippen molar-refractivity contribution in [3.8, 4) is 11.5 Å². The Kier molecular flexibility index (Phi) is 5.94. The highest BCUT2D eigenvalue weighted by molar-refractivity contribution is 6.35. The molecule has 3 atom stereocenters. The minimum Gasteiger partial charge on any atom is -0.497 e. The van der Waals surface area contributed by atoms with E-state index < -0.39 is 35.2 Å². The number of benzene rings is 2. The number of primary amides is 1. The zero-order valence-electron chi connectivity index (χ0n) is 18.5. The summed E-state index contributed by atoms with van der Waals surface area (Å²) in [4.78, 5) is 38.6. The Bertz CT molecular complexity index is 1150. The van der Waals surface area contributed by atoms with E-state index >= 15 is 0 Å². The quantitative estimate of drug-likeness (QED) is 0.510. The molecule has 10 heteroatoms. The summed E-state index contributed by atoms with van der Waals surface area (Å²) < 4.78 is 10.6. The average Bonchev–Trinajstić information content (AvgIpc) is 3.27. The van der Waals surface area contributed by atoms with E-state index in [1.165, 1.54) is 14.2 Å². The lowest BCUT2D eigenvalue weighted by Crippen LogP contribution is -2.52. The number of hydrogen-bond acceptors (Lipinski definition) is 6. The lowest BCUT2D eigenvalue weighted by molar-refractivity contribution is -0.130. The van der Waals surface area contributed by atoms with Gasteiger partial charge in [0.1, 0.15) is 17.0 Å². The van der Waals surface area contributed by atoms with Gasteiger partial charge in [-0.3, -0.25) is 19.7 Å². The van der Waals surface area contributed by atoms with Gasteiger partial charge in [0.15, 0.2) is 0 Å². The molecule has 9 nitrogen and oxygen atoms in total. The number of carbonyl (C=O) groups excluding carboxylic acids is 3. The number of nitrogens with two attached hydrogens (primary N) is 1. The van der Waals surface area contributed by atoms with Crippen LogP contribution in [0.3, 0.4) is 0 Å². The van der Waals surface area contributed by atoms with Gasteiger partial charge in [-0.05, 0) is 37.1 Å².